The minimum absolute atomic E-state index is 0.0256. The van der Waals surface area contributed by atoms with Gasteiger partial charge in [0.05, 0.1) is 24.5 Å². The lowest BCUT2D eigenvalue weighted by Gasteiger charge is -2.26. The Morgan fingerprint density at radius 3 is 2.34 bits per heavy atom. The Labute approximate surface area is 222 Å². The zero-order valence-electron chi connectivity index (χ0n) is 20.4. The van der Waals surface area contributed by atoms with E-state index in [1.165, 1.54) is 17.8 Å². The van der Waals surface area contributed by atoms with Crippen molar-refractivity contribution in [3.8, 4) is 5.69 Å². The van der Waals surface area contributed by atoms with E-state index in [-0.39, 0.29) is 5.91 Å². The van der Waals surface area contributed by atoms with Gasteiger partial charge in [-0.2, -0.15) is 13.2 Å². The van der Waals surface area contributed by atoms with Crippen LogP contribution in [0.15, 0.2) is 84.0 Å². The van der Waals surface area contributed by atoms with Crippen molar-refractivity contribution in [1.29, 1.82) is 0 Å². The molecular formula is C28H25F3N4O2S. The highest BCUT2D eigenvalue weighted by Gasteiger charge is 2.31. The number of nitrogens with zero attached hydrogens (tertiary/aromatic N) is 4. The maximum atomic E-state index is 13.5. The molecule has 0 radical (unpaired) electrons. The Hall–Kier alpha value is -3.63. The molecule has 6 nitrogen and oxygen atoms in total. The van der Waals surface area contributed by atoms with Crippen molar-refractivity contribution in [1.82, 2.24) is 19.7 Å². The van der Waals surface area contributed by atoms with E-state index in [1.54, 1.807) is 27.7 Å². The maximum Gasteiger partial charge on any atom is 0.416 e. The van der Waals surface area contributed by atoms with Crippen LogP contribution in [0.2, 0.25) is 0 Å². The first-order valence-corrected chi connectivity index (χ1v) is 13.1. The first-order chi connectivity index (χ1) is 18.4. The molecule has 1 fully saturated rings. The van der Waals surface area contributed by atoms with Crippen LogP contribution in [0.3, 0.4) is 0 Å². The van der Waals surface area contributed by atoms with Gasteiger partial charge in [-0.05, 0) is 41.5 Å². The highest BCUT2D eigenvalue weighted by Crippen LogP contribution is 2.32. The van der Waals surface area contributed by atoms with Gasteiger partial charge >= 0.3 is 6.18 Å². The van der Waals surface area contributed by atoms with Gasteiger partial charge in [0.1, 0.15) is 5.82 Å². The molecule has 3 aromatic carbocycles. The Balaban J connectivity index is 1.38. The third kappa shape index (κ3) is 6.08. The molecular weight excluding hydrogens is 513 g/mol. The number of benzene rings is 3. The SMILES string of the molecule is O=C(c1ccc(CSc2nnc(Cc3ccccc3)n2-c2cccc(C(F)(F)F)c2)cc1)N1CCOCC1. The molecule has 1 aromatic heterocycles. The molecule has 196 valence electrons. The average Bonchev–Trinajstić information content (AvgIpc) is 3.34. The predicted molar refractivity (Wildman–Crippen MR) is 138 cm³/mol. The van der Waals surface area contributed by atoms with Crippen molar-refractivity contribution < 1.29 is 22.7 Å². The zero-order valence-corrected chi connectivity index (χ0v) is 21.2. The van der Waals surface area contributed by atoms with E-state index in [9.17, 15) is 18.0 Å². The normalized spacial score (nSPS) is 14.0. The molecule has 1 aliphatic rings. The number of hydrogen-bond donors (Lipinski definition) is 0. The van der Waals surface area contributed by atoms with Crippen LogP contribution < -0.4 is 0 Å². The second-order valence-electron chi connectivity index (χ2n) is 8.83. The highest BCUT2D eigenvalue weighted by molar-refractivity contribution is 7.98. The number of halogens is 3. The van der Waals surface area contributed by atoms with Gasteiger partial charge in [-0.25, -0.2) is 0 Å². The molecule has 0 saturated carbocycles. The van der Waals surface area contributed by atoms with Crippen molar-refractivity contribution in [2.75, 3.05) is 26.3 Å². The molecule has 38 heavy (non-hydrogen) atoms. The van der Waals surface area contributed by atoms with Crippen molar-refractivity contribution in [2.24, 2.45) is 0 Å². The number of alkyl halides is 3. The molecule has 4 aromatic rings. The lowest BCUT2D eigenvalue weighted by molar-refractivity contribution is -0.137. The van der Waals surface area contributed by atoms with Gasteiger partial charge in [-0.15, -0.1) is 10.2 Å². The summed E-state index contributed by atoms with van der Waals surface area (Å²) in [6, 6.07) is 22.2. The summed E-state index contributed by atoms with van der Waals surface area (Å²) in [7, 11) is 0. The number of aromatic nitrogens is 3. The number of thioether (sulfide) groups is 1. The summed E-state index contributed by atoms with van der Waals surface area (Å²) in [6.07, 6.45) is -4.04. The van der Waals surface area contributed by atoms with Crippen LogP contribution in [-0.4, -0.2) is 51.9 Å². The summed E-state index contributed by atoms with van der Waals surface area (Å²) in [6.45, 7) is 2.23. The van der Waals surface area contributed by atoms with Crippen molar-refractivity contribution in [2.45, 2.75) is 23.5 Å². The van der Waals surface area contributed by atoms with Crippen LogP contribution in [0.25, 0.3) is 5.69 Å². The smallest absolute Gasteiger partial charge is 0.378 e. The number of carbonyl (C=O) groups is 1. The molecule has 5 rings (SSSR count). The Kier molecular flexibility index (Phi) is 7.80. The van der Waals surface area contributed by atoms with Gasteiger partial charge in [0.2, 0.25) is 0 Å². The molecule has 0 bridgehead atoms. The molecule has 0 N–H and O–H groups in total. The molecule has 0 unspecified atom stereocenters. The fourth-order valence-corrected chi connectivity index (χ4v) is 5.13. The molecule has 1 amide bonds. The third-order valence-corrected chi connectivity index (χ3v) is 7.20. The van der Waals surface area contributed by atoms with Crippen LogP contribution in [0.4, 0.5) is 13.2 Å². The van der Waals surface area contributed by atoms with E-state index in [4.69, 9.17) is 4.74 Å². The standard InChI is InChI=1S/C28H25F3N4O2S/c29-28(30,31)23-7-4-8-24(18-23)35-25(17-20-5-2-1-3-6-20)32-33-27(35)38-19-21-9-11-22(12-10-21)26(36)34-13-15-37-16-14-34/h1-12,18H,13-17,19H2. The summed E-state index contributed by atoms with van der Waals surface area (Å²) in [5, 5.41) is 9.15. The Morgan fingerprint density at radius 1 is 0.895 bits per heavy atom. The second-order valence-corrected chi connectivity index (χ2v) is 9.78. The van der Waals surface area contributed by atoms with Crippen LogP contribution in [0.5, 0.6) is 0 Å². The van der Waals surface area contributed by atoms with E-state index >= 15 is 0 Å². The van der Waals surface area contributed by atoms with Crippen molar-refractivity contribution >= 4 is 17.7 Å². The first kappa shape index (κ1) is 26.0. The number of morpholine rings is 1. The number of carbonyl (C=O) groups excluding carboxylic acids is 1. The Morgan fingerprint density at radius 2 is 1.63 bits per heavy atom. The number of hydrogen-bond acceptors (Lipinski definition) is 5. The summed E-state index contributed by atoms with van der Waals surface area (Å²) in [4.78, 5) is 14.5. The number of amides is 1. The highest BCUT2D eigenvalue weighted by atomic mass is 32.2. The molecule has 2 heterocycles. The van der Waals surface area contributed by atoms with Gasteiger partial charge in [0.25, 0.3) is 5.91 Å². The molecule has 10 heteroatoms. The van der Waals surface area contributed by atoms with Crippen LogP contribution in [0, 0.1) is 0 Å². The summed E-state index contributed by atoms with van der Waals surface area (Å²) in [5.74, 6) is 1.03. The minimum atomic E-state index is -4.46. The largest absolute Gasteiger partial charge is 0.416 e. The maximum absolute atomic E-state index is 13.5. The first-order valence-electron chi connectivity index (χ1n) is 12.1. The molecule has 1 aliphatic heterocycles. The molecule has 0 spiro atoms. The average molecular weight is 539 g/mol. The molecule has 0 atom stereocenters. The monoisotopic (exact) mass is 538 g/mol. The van der Waals surface area contributed by atoms with E-state index in [0.29, 0.717) is 60.7 Å². The van der Waals surface area contributed by atoms with Crippen molar-refractivity contribution in [3.63, 3.8) is 0 Å². The van der Waals surface area contributed by atoms with E-state index in [2.05, 4.69) is 10.2 Å². The van der Waals surface area contributed by atoms with Crippen molar-refractivity contribution in [3.05, 3.63) is 107 Å². The fraction of sp³-hybridized carbons (Fsp3) is 0.250. The van der Waals surface area contributed by atoms with Gasteiger partial charge in [0, 0.05) is 30.8 Å². The summed E-state index contributed by atoms with van der Waals surface area (Å²) < 4.78 is 47.4. The van der Waals surface area contributed by atoms with Crippen LogP contribution >= 0.6 is 11.8 Å². The van der Waals surface area contributed by atoms with E-state index in [1.807, 2.05) is 42.5 Å². The summed E-state index contributed by atoms with van der Waals surface area (Å²) in [5.41, 5.74) is 2.16. The topological polar surface area (TPSA) is 60.2 Å². The van der Waals surface area contributed by atoms with Gasteiger partial charge in [0.15, 0.2) is 5.16 Å². The Bertz CT molecular complexity index is 1390. The van der Waals surface area contributed by atoms with Crippen LogP contribution in [-0.2, 0) is 23.1 Å². The lowest BCUT2D eigenvalue weighted by atomic mass is 10.1. The molecule has 0 aliphatic carbocycles. The number of ether oxygens (including phenoxy) is 1. The fourth-order valence-electron chi connectivity index (χ4n) is 4.21. The third-order valence-electron chi connectivity index (χ3n) is 6.20. The van der Waals surface area contributed by atoms with E-state index < -0.39 is 11.7 Å². The number of rotatable bonds is 7. The van der Waals surface area contributed by atoms with Gasteiger partial charge in [-0.1, -0.05) is 60.3 Å². The van der Waals surface area contributed by atoms with Crippen LogP contribution in [0.1, 0.15) is 32.9 Å². The molecule has 1 saturated heterocycles. The van der Waals surface area contributed by atoms with Gasteiger partial charge < -0.3 is 9.64 Å². The quantitative estimate of drug-likeness (QED) is 0.285. The summed E-state index contributed by atoms with van der Waals surface area (Å²) >= 11 is 1.38. The minimum Gasteiger partial charge on any atom is -0.378 e. The van der Waals surface area contributed by atoms with E-state index in [0.717, 1.165) is 23.3 Å². The lowest BCUT2D eigenvalue weighted by Crippen LogP contribution is -2.40. The van der Waals surface area contributed by atoms with Gasteiger partial charge in [-0.3, -0.25) is 9.36 Å². The zero-order chi connectivity index (χ0) is 26.5. The second kappa shape index (κ2) is 11.4. The predicted octanol–water partition coefficient (Wildman–Crippen LogP) is 5.64.